The molecule has 1 unspecified atom stereocenters. The number of rotatable bonds is 2. The molecule has 4 rings (SSSR count). The first-order valence-electron chi connectivity index (χ1n) is 8.30. The monoisotopic (exact) mass is 270 g/mol. The number of hydrogen-bond donors (Lipinski definition) is 1. The molecular formula is C18H26N2. The molecule has 0 spiro atoms. The molecule has 1 aliphatic heterocycles. The molecule has 1 saturated carbocycles. The summed E-state index contributed by atoms with van der Waals surface area (Å²) in [6, 6.07) is 9.78. The Morgan fingerprint density at radius 2 is 1.85 bits per heavy atom. The van der Waals surface area contributed by atoms with Crippen LogP contribution in [0.15, 0.2) is 24.3 Å². The first-order chi connectivity index (χ1) is 9.74. The van der Waals surface area contributed by atoms with Gasteiger partial charge in [-0.2, -0.15) is 0 Å². The standard InChI is InChI=1S/C18H26N2/c1-18(16-7-8-16)13-20(10-4-9-19-18)17-11-14-5-2-3-6-15(14)12-17/h2-3,5-6,16-17,19H,4,7-13H2,1H3. The van der Waals surface area contributed by atoms with Gasteiger partial charge in [-0.25, -0.2) is 0 Å². The van der Waals surface area contributed by atoms with Gasteiger partial charge in [-0.3, -0.25) is 4.90 Å². The molecule has 1 aromatic rings. The third kappa shape index (κ3) is 2.29. The maximum Gasteiger partial charge on any atom is 0.0308 e. The third-order valence-electron chi connectivity index (χ3n) is 5.71. The fraction of sp³-hybridized carbons (Fsp3) is 0.667. The van der Waals surface area contributed by atoms with Crippen molar-refractivity contribution in [2.24, 2.45) is 5.92 Å². The van der Waals surface area contributed by atoms with Crippen LogP contribution in [0.1, 0.15) is 37.3 Å². The average Bonchev–Trinajstić information content (AvgIpc) is 3.24. The molecule has 1 atom stereocenters. The van der Waals surface area contributed by atoms with E-state index in [2.05, 4.69) is 41.4 Å². The minimum absolute atomic E-state index is 0.366. The molecule has 0 aromatic heterocycles. The van der Waals surface area contributed by atoms with Crippen molar-refractivity contribution in [3.05, 3.63) is 35.4 Å². The summed E-state index contributed by atoms with van der Waals surface area (Å²) in [4.78, 5) is 2.79. The average molecular weight is 270 g/mol. The zero-order chi connectivity index (χ0) is 13.6. The van der Waals surface area contributed by atoms with Crippen LogP contribution < -0.4 is 5.32 Å². The summed E-state index contributed by atoms with van der Waals surface area (Å²) < 4.78 is 0. The minimum Gasteiger partial charge on any atom is -0.310 e. The molecule has 3 aliphatic rings. The van der Waals surface area contributed by atoms with Gasteiger partial charge < -0.3 is 5.32 Å². The van der Waals surface area contributed by atoms with E-state index >= 15 is 0 Å². The van der Waals surface area contributed by atoms with Crippen molar-refractivity contribution in [1.82, 2.24) is 10.2 Å². The van der Waals surface area contributed by atoms with Crippen molar-refractivity contribution >= 4 is 0 Å². The van der Waals surface area contributed by atoms with Crippen molar-refractivity contribution in [1.29, 1.82) is 0 Å². The molecule has 20 heavy (non-hydrogen) atoms. The second-order valence-electron chi connectivity index (χ2n) is 7.27. The molecule has 1 N–H and O–H groups in total. The Bertz CT molecular complexity index is 469. The van der Waals surface area contributed by atoms with Gasteiger partial charge in [0.2, 0.25) is 0 Å². The lowest BCUT2D eigenvalue weighted by Crippen LogP contribution is -2.53. The van der Waals surface area contributed by atoms with Crippen LogP contribution in [0.3, 0.4) is 0 Å². The van der Waals surface area contributed by atoms with Crippen molar-refractivity contribution in [2.75, 3.05) is 19.6 Å². The Kier molecular flexibility index (Phi) is 3.12. The van der Waals surface area contributed by atoms with E-state index in [0.29, 0.717) is 5.54 Å². The zero-order valence-corrected chi connectivity index (χ0v) is 12.6. The third-order valence-corrected chi connectivity index (χ3v) is 5.71. The van der Waals surface area contributed by atoms with Crippen LogP contribution >= 0.6 is 0 Å². The summed E-state index contributed by atoms with van der Waals surface area (Å²) in [5.41, 5.74) is 3.54. The van der Waals surface area contributed by atoms with Crippen molar-refractivity contribution in [3.8, 4) is 0 Å². The highest BCUT2D eigenvalue weighted by atomic mass is 15.2. The molecule has 1 heterocycles. The van der Waals surface area contributed by atoms with Crippen LogP contribution in [0.4, 0.5) is 0 Å². The van der Waals surface area contributed by atoms with Crippen LogP contribution in [0.25, 0.3) is 0 Å². The highest BCUT2D eigenvalue weighted by molar-refractivity contribution is 5.33. The summed E-state index contributed by atoms with van der Waals surface area (Å²) >= 11 is 0. The van der Waals surface area contributed by atoms with E-state index in [4.69, 9.17) is 0 Å². The highest BCUT2D eigenvalue weighted by Crippen LogP contribution is 2.41. The van der Waals surface area contributed by atoms with E-state index in [9.17, 15) is 0 Å². The normalized spacial score (nSPS) is 32.0. The summed E-state index contributed by atoms with van der Waals surface area (Å²) in [6.45, 7) is 6.18. The Labute approximate surface area is 122 Å². The lowest BCUT2D eigenvalue weighted by Gasteiger charge is -2.36. The SMILES string of the molecule is CC1(C2CC2)CN(C2Cc3ccccc3C2)CCCN1. The number of nitrogens with one attached hydrogen (secondary N) is 1. The number of nitrogens with zero attached hydrogens (tertiary/aromatic N) is 1. The van der Waals surface area contributed by atoms with Crippen molar-refractivity contribution in [2.45, 2.75) is 50.6 Å². The maximum atomic E-state index is 3.85. The first-order valence-corrected chi connectivity index (χ1v) is 8.30. The molecule has 2 fully saturated rings. The summed E-state index contributed by atoms with van der Waals surface area (Å²) in [6.07, 6.45) is 6.69. The molecule has 1 saturated heterocycles. The predicted molar refractivity (Wildman–Crippen MR) is 83.0 cm³/mol. The Morgan fingerprint density at radius 3 is 2.50 bits per heavy atom. The highest BCUT2D eigenvalue weighted by Gasteiger charge is 2.44. The molecule has 108 valence electrons. The molecule has 0 bridgehead atoms. The Hall–Kier alpha value is -0.860. The topological polar surface area (TPSA) is 15.3 Å². The molecule has 2 nitrogen and oxygen atoms in total. The first kappa shape index (κ1) is 12.8. The van der Waals surface area contributed by atoms with Crippen molar-refractivity contribution < 1.29 is 0 Å². The fourth-order valence-corrected chi connectivity index (χ4v) is 4.31. The van der Waals surface area contributed by atoms with Gasteiger partial charge in [0.25, 0.3) is 0 Å². The van der Waals surface area contributed by atoms with Crippen LogP contribution in [-0.2, 0) is 12.8 Å². The molecular weight excluding hydrogens is 244 g/mol. The quantitative estimate of drug-likeness (QED) is 0.889. The van der Waals surface area contributed by atoms with E-state index < -0.39 is 0 Å². The Morgan fingerprint density at radius 1 is 1.15 bits per heavy atom. The van der Waals surface area contributed by atoms with Gasteiger partial charge >= 0.3 is 0 Å². The van der Waals surface area contributed by atoms with Gasteiger partial charge in [-0.1, -0.05) is 24.3 Å². The van der Waals surface area contributed by atoms with Gasteiger partial charge in [0, 0.05) is 18.1 Å². The maximum absolute atomic E-state index is 3.85. The van der Waals surface area contributed by atoms with E-state index in [1.165, 1.54) is 51.7 Å². The smallest absolute Gasteiger partial charge is 0.0308 e. The molecule has 2 heteroatoms. The van der Waals surface area contributed by atoms with E-state index in [-0.39, 0.29) is 0 Å². The van der Waals surface area contributed by atoms with Gasteiger partial charge in [0.1, 0.15) is 0 Å². The van der Waals surface area contributed by atoms with Crippen LogP contribution in [0, 0.1) is 5.92 Å². The fourth-order valence-electron chi connectivity index (χ4n) is 4.31. The van der Waals surface area contributed by atoms with Crippen LogP contribution in [-0.4, -0.2) is 36.1 Å². The molecule has 0 amide bonds. The molecule has 0 radical (unpaired) electrons. The van der Waals surface area contributed by atoms with E-state index in [0.717, 1.165) is 12.0 Å². The molecule has 1 aromatic carbocycles. The predicted octanol–water partition coefficient (Wildman–Crippen LogP) is 2.62. The van der Waals surface area contributed by atoms with E-state index in [1.54, 1.807) is 11.1 Å². The largest absolute Gasteiger partial charge is 0.310 e. The van der Waals surface area contributed by atoms with Gasteiger partial charge in [-0.15, -0.1) is 0 Å². The lowest BCUT2D eigenvalue weighted by molar-refractivity contribution is 0.154. The number of hydrogen-bond acceptors (Lipinski definition) is 2. The zero-order valence-electron chi connectivity index (χ0n) is 12.6. The second-order valence-corrected chi connectivity index (χ2v) is 7.27. The van der Waals surface area contributed by atoms with Crippen LogP contribution in [0.5, 0.6) is 0 Å². The van der Waals surface area contributed by atoms with Crippen molar-refractivity contribution in [3.63, 3.8) is 0 Å². The summed E-state index contributed by atoms with van der Waals surface area (Å²) in [5, 5.41) is 3.85. The Balaban J connectivity index is 1.51. The van der Waals surface area contributed by atoms with Gasteiger partial charge in [0.05, 0.1) is 0 Å². The minimum atomic E-state index is 0.366. The van der Waals surface area contributed by atoms with Gasteiger partial charge in [0.15, 0.2) is 0 Å². The summed E-state index contributed by atoms with van der Waals surface area (Å²) in [7, 11) is 0. The number of benzene rings is 1. The van der Waals surface area contributed by atoms with Crippen LogP contribution in [0.2, 0.25) is 0 Å². The van der Waals surface area contributed by atoms with E-state index in [1.807, 2.05) is 0 Å². The van der Waals surface area contributed by atoms with Gasteiger partial charge in [-0.05, 0) is 69.2 Å². The number of fused-ring (bicyclic) bond motifs is 1. The summed E-state index contributed by atoms with van der Waals surface area (Å²) in [5.74, 6) is 0.923. The lowest BCUT2D eigenvalue weighted by atomic mass is 9.94. The molecule has 2 aliphatic carbocycles. The second kappa shape index (κ2) is 4.85.